The molecule has 0 aromatic carbocycles. The van der Waals surface area contributed by atoms with Gasteiger partial charge in [-0.3, -0.25) is 9.79 Å². The maximum atomic E-state index is 12.3. The molecule has 7 heteroatoms. The van der Waals surface area contributed by atoms with E-state index >= 15 is 0 Å². The first kappa shape index (κ1) is 17.0. The molecule has 2 fully saturated rings. The number of carbonyl (C=O) groups is 1. The Labute approximate surface area is 152 Å². The molecule has 0 radical (unpaired) electrons. The monoisotopic (exact) mass is 360 g/mol. The second kappa shape index (κ2) is 7.83. The summed E-state index contributed by atoms with van der Waals surface area (Å²) in [5.41, 5.74) is 0. The molecule has 0 aromatic rings. The van der Waals surface area contributed by atoms with Crippen LogP contribution in [-0.2, 0) is 9.53 Å². The summed E-state index contributed by atoms with van der Waals surface area (Å²) in [5, 5.41) is 3.51. The van der Waals surface area contributed by atoms with Crippen molar-refractivity contribution in [2.75, 3.05) is 19.0 Å². The lowest BCUT2D eigenvalue weighted by Gasteiger charge is -2.25. The molecular weight excluding hydrogens is 336 g/mol. The van der Waals surface area contributed by atoms with Crippen LogP contribution in [0.2, 0.25) is 0 Å². The molecule has 0 bridgehead atoms. The van der Waals surface area contributed by atoms with Crippen LogP contribution in [-0.4, -0.2) is 53.7 Å². The molecule has 1 saturated carbocycles. The summed E-state index contributed by atoms with van der Waals surface area (Å²) in [6.07, 6.45) is 10.6. The van der Waals surface area contributed by atoms with Gasteiger partial charge in [-0.25, -0.2) is 9.98 Å². The van der Waals surface area contributed by atoms with Crippen molar-refractivity contribution in [3.63, 3.8) is 0 Å². The van der Waals surface area contributed by atoms with Gasteiger partial charge in [-0.1, -0.05) is 18.9 Å². The van der Waals surface area contributed by atoms with Crippen molar-refractivity contribution in [2.24, 2.45) is 20.9 Å². The Bertz CT molecular complexity index is 643. The van der Waals surface area contributed by atoms with Crippen molar-refractivity contribution in [1.82, 2.24) is 5.32 Å². The summed E-state index contributed by atoms with van der Waals surface area (Å²) in [5.74, 6) is 2.32. The van der Waals surface area contributed by atoms with E-state index in [4.69, 9.17) is 9.73 Å². The van der Waals surface area contributed by atoms with E-state index in [9.17, 15) is 4.79 Å². The van der Waals surface area contributed by atoms with Gasteiger partial charge in [0, 0.05) is 18.5 Å². The van der Waals surface area contributed by atoms with Gasteiger partial charge in [-0.15, -0.1) is 0 Å². The predicted octanol–water partition coefficient (Wildman–Crippen LogP) is 2.35. The van der Waals surface area contributed by atoms with Crippen molar-refractivity contribution in [3.05, 3.63) is 12.2 Å². The molecule has 134 valence electrons. The van der Waals surface area contributed by atoms with Gasteiger partial charge in [0.2, 0.25) is 5.91 Å². The van der Waals surface area contributed by atoms with Crippen LogP contribution in [0.15, 0.2) is 27.1 Å². The van der Waals surface area contributed by atoms with Crippen LogP contribution in [0.1, 0.15) is 38.5 Å². The number of carbonyl (C=O) groups excluding carboxylic acids is 1. The summed E-state index contributed by atoms with van der Waals surface area (Å²) in [6, 6.07) is 0.380. The number of nitrogens with one attached hydrogen (secondary N) is 1. The molecule has 0 aromatic heterocycles. The first-order valence-corrected chi connectivity index (χ1v) is 10.3. The van der Waals surface area contributed by atoms with Crippen LogP contribution in [0.4, 0.5) is 0 Å². The molecule has 1 saturated heterocycles. The van der Waals surface area contributed by atoms with Gasteiger partial charge in [0.05, 0.1) is 11.8 Å². The van der Waals surface area contributed by atoms with Gasteiger partial charge in [-0.2, -0.15) is 11.8 Å². The van der Waals surface area contributed by atoms with Crippen molar-refractivity contribution >= 4 is 35.2 Å². The number of ether oxygens (including phenoxy) is 1. The third-order valence-corrected chi connectivity index (χ3v) is 6.39. The summed E-state index contributed by atoms with van der Waals surface area (Å²) >= 11 is 1.84. The smallest absolute Gasteiger partial charge is 0.239 e. The van der Waals surface area contributed by atoms with E-state index in [-0.39, 0.29) is 11.8 Å². The fraction of sp³-hybridized carbons (Fsp3) is 0.667. The summed E-state index contributed by atoms with van der Waals surface area (Å²) in [7, 11) is 0. The third kappa shape index (κ3) is 4.20. The number of hydrogen-bond acceptors (Lipinski definition) is 5. The lowest BCUT2D eigenvalue weighted by Crippen LogP contribution is -2.45. The first-order chi connectivity index (χ1) is 12.3. The first-order valence-electron chi connectivity index (χ1n) is 9.20. The highest BCUT2D eigenvalue weighted by Gasteiger charge is 2.31. The van der Waals surface area contributed by atoms with E-state index in [1.165, 1.54) is 12.8 Å². The SMILES string of the molecule is O=C1NC(CSC2CCOCC2)=NC2=NC(=NC3CCCC3)C=CC12. The van der Waals surface area contributed by atoms with Crippen molar-refractivity contribution in [1.29, 1.82) is 0 Å². The zero-order valence-corrected chi connectivity index (χ0v) is 15.1. The fourth-order valence-electron chi connectivity index (χ4n) is 3.58. The molecule has 1 unspecified atom stereocenters. The molecular formula is C18H24N4O2S. The topological polar surface area (TPSA) is 75.4 Å². The van der Waals surface area contributed by atoms with Crippen molar-refractivity contribution < 1.29 is 9.53 Å². The van der Waals surface area contributed by atoms with Gasteiger partial charge in [0.15, 0.2) is 0 Å². The Morgan fingerprint density at radius 1 is 1.20 bits per heavy atom. The number of aliphatic imine (C=N–C) groups is 3. The van der Waals surface area contributed by atoms with E-state index in [2.05, 4.69) is 15.3 Å². The lowest BCUT2D eigenvalue weighted by molar-refractivity contribution is -0.120. The highest BCUT2D eigenvalue weighted by Crippen LogP contribution is 2.24. The Kier molecular flexibility index (Phi) is 5.31. The summed E-state index contributed by atoms with van der Waals surface area (Å²) < 4.78 is 5.39. The van der Waals surface area contributed by atoms with E-state index in [0.29, 0.717) is 34.6 Å². The number of amides is 1. The fourth-order valence-corrected chi connectivity index (χ4v) is 4.63. The Balaban J connectivity index is 1.44. The predicted molar refractivity (Wildman–Crippen MR) is 102 cm³/mol. The van der Waals surface area contributed by atoms with E-state index in [1.807, 2.05) is 23.9 Å². The zero-order valence-electron chi connectivity index (χ0n) is 14.3. The zero-order chi connectivity index (χ0) is 17.1. The molecule has 3 heterocycles. The minimum absolute atomic E-state index is 0.0347. The van der Waals surface area contributed by atoms with E-state index in [0.717, 1.165) is 38.9 Å². The van der Waals surface area contributed by atoms with Crippen LogP contribution >= 0.6 is 11.8 Å². The van der Waals surface area contributed by atoms with Gasteiger partial charge in [-0.05, 0) is 31.8 Å². The standard InChI is InChI=1S/C18H24N4O2S/c23-18-14-5-6-15(19-12-3-1-2-4-12)20-17(14)21-16(22-18)11-25-13-7-9-24-10-8-13/h5-6,12-14H,1-4,7-11H2,(H,19,20,21,22,23). The molecule has 3 aliphatic heterocycles. The van der Waals surface area contributed by atoms with Gasteiger partial charge >= 0.3 is 0 Å². The van der Waals surface area contributed by atoms with Crippen LogP contribution in [0.3, 0.4) is 0 Å². The van der Waals surface area contributed by atoms with Gasteiger partial charge in [0.1, 0.15) is 23.4 Å². The number of fused-ring (bicyclic) bond motifs is 1. The molecule has 1 N–H and O–H groups in total. The summed E-state index contributed by atoms with van der Waals surface area (Å²) in [4.78, 5) is 26.2. The third-order valence-electron chi connectivity index (χ3n) is 5.01. The lowest BCUT2D eigenvalue weighted by atomic mass is 10.0. The van der Waals surface area contributed by atoms with Crippen LogP contribution in [0.25, 0.3) is 0 Å². The quantitative estimate of drug-likeness (QED) is 0.836. The number of thioether (sulfide) groups is 1. The van der Waals surface area contributed by atoms with Crippen LogP contribution in [0.5, 0.6) is 0 Å². The summed E-state index contributed by atoms with van der Waals surface area (Å²) in [6.45, 7) is 1.66. The minimum atomic E-state index is -0.376. The molecule has 0 spiro atoms. The van der Waals surface area contributed by atoms with Crippen molar-refractivity contribution in [3.8, 4) is 0 Å². The average Bonchev–Trinajstić information content (AvgIpc) is 3.14. The molecule has 1 amide bonds. The Hall–Kier alpha value is -1.47. The van der Waals surface area contributed by atoms with Crippen molar-refractivity contribution in [2.45, 2.75) is 49.8 Å². The molecule has 6 nitrogen and oxygen atoms in total. The number of hydrogen-bond donors (Lipinski definition) is 1. The highest BCUT2D eigenvalue weighted by molar-refractivity contribution is 8.00. The largest absolute Gasteiger partial charge is 0.381 e. The Morgan fingerprint density at radius 3 is 2.80 bits per heavy atom. The van der Waals surface area contributed by atoms with Crippen LogP contribution in [0, 0.1) is 5.92 Å². The second-order valence-electron chi connectivity index (χ2n) is 6.90. The molecule has 25 heavy (non-hydrogen) atoms. The number of amidine groups is 3. The number of dihydropyridines is 1. The molecule has 4 rings (SSSR count). The van der Waals surface area contributed by atoms with E-state index in [1.54, 1.807) is 0 Å². The van der Waals surface area contributed by atoms with Crippen LogP contribution < -0.4 is 5.32 Å². The maximum absolute atomic E-state index is 12.3. The van der Waals surface area contributed by atoms with E-state index < -0.39 is 0 Å². The minimum Gasteiger partial charge on any atom is -0.381 e. The molecule has 4 aliphatic rings. The number of rotatable bonds is 4. The highest BCUT2D eigenvalue weighted by atomic mass is 32.2. The molecule has 1 atom stereocenters. The van der Waals surface area contributed by atoms with Gasteiger partial charge < -0.3 is 10.1 Å². The Morgan fingerprint density at radius 2 is 2.00 bits per heavy atom. The maximum Gasteiger partial charge on any atom is 0.239 e. The average molecular weight is 360 g/mol. The van der Waals surface area contributed by atoms with Gasteiger partial charge in [0.25, 0.3) is 0 Å². The second-order valence-corrected chi connectivity index (χ2v) is 8.19. The normalized spacial score (nSPS) is 29.4. The molecule has 1 aliphatic carbocycles. The number of nitrogens with zero attached hydrogens (tertiary/aromatic N) is 3.